The van der Waals surface area contributed by atoms with Crippen molar-refractivity contribution in [1.82, 2.24) is 0 Å². The molecule has 0 spiro atoms. The maximum absolute atomic E-state index is 7.10. The van der Waals surface area contributed by atoms with Crippen molar-refractivity contribution in [3.63, 3.8) is 0 Å². The summed E-state index contributed by atoms with van der Waals surface area (Å²) in [5.74, 6) is 5.18. The predicted molar refractivity (Wildman–Crippen MR) is 326 cm³/mol. The molecular formula is C64H92O12P4. The van der Waals surface area contributed by atoms with Crippen molar-refractivity contribution in [1.29, 1.82) is 0 Å². The summed E-state index contributed by atoms with van der Waals surface area (Å²) in [6.45, 7) is 18.7. The molecule has 0 atom stereocenters. The molecule has 0 unspecified atom stereocenters. The van der Waals surface area contributed by atoms with Crippen LogP contribution in [0.5, 0.6) is 46.0 Å². The van der Waals surface area contributed by atoms with Gasteiger partial charge in [0, 0.05) is 92.4 Å². The van der Waals surface area contributed by atoms with E-state index in [0.717, 1.165) is 122 Å². The van der Waals surface area contributed by atoms with Crippen LogP contribution < -0.4 is 36.2 Å². The smallest absolute Gasteiger partial charge is 0.417 e. The van der Waals surface area contributed by atoms with Crippen LogP contribution in [0.4, 0.5) is 0 Å². The van der Waals surface area contributed by atoms with E-state index in [4.69, 9.17) is 54.3 Å². The lowest BCUT2D eigenvalue weighted by atomic mass is 9.76. The van der Waals surface area contributed by atoms with Gasteiger partial charge in [-0.05, 0) is 77.6 Å². The molecular weight excluding hydrogens is 1080 g/mol. The molecule has 0 amide bonds. The van der Waals surface area contributed by atoms with Gasteiger partial charge in [0.2, 0.25) is 0 Å². The highest BCUT2D eigenvalue weighted by atomic mass is 31.2. The second kappa shape index (κ2) is 31.1. The number of unbranched alkanes of at least 4 members (excludes halogenated alkanes) is 16. The van der Waals surface area contributed by atoms with Crippen molar-refractivity contribution in [2.75, 3.05) is 26.4 Å². The van der Waals surface area contributed by atoms with Crippen molar-refractivity contribution in [2.24, 2.45) is 0 Å². The third kappa shape index (κ3) is 15.0. The molecule has 0 aromatic heterocycles. The summed E-state index contributed by atoms with van der Waals surface area (Å²) in [5.41, 5.74) is 8.89. The second-order valence-electron chi connectivity index (χ2n) is 22.0. The minimum Gasteiger partial charge on any atom is -0.417 e. The van der Waals surface area contributed by atoms with E-state index in [1.165, 1.54) is 77.0 Å². The fourth-order valence-electron chi connectivity index (χ4n) is 12.3. The Labute approximate surface area is 485 Å². The van der Waals surface area contributed by atoms with E-state index >= 15 is 0 Å². The van der Waals surface area contributed by atoms with Crippen molar-refractivity contribution >= 4 is 34.4 Å². The summed E-state index contributed by atoms with van der Waals surface area (Å²) >= 11 is 0. The van der Waals surface area contributed by atoms with Gasteiger partial charge in [0.15, 0.2) is 0 Å². The van der Waals surface area contributed by atoms with Crippen LogP contribution in [-0.4, -0.2) is 26.4 Å². The standard InChI is InChI=1S/C64H92O12P4/c1-9-17-21-25-29-33-45-49-37-51-46(34-30-26-22-18-10-2)53-39-55-48(36-32-28-24-20-12-4)56-40-54-47(35-31-27-23-19-11-3)52-38-50(45)58-42-60(52)72-79(67-15-7)74-62(54)44-64(56)76-80(68-16-8)75-63(55)43-61(53)73-78(66-14-6)71-59(51)41-57(49)69-77(70-58)65-13-5/h37-48H,9-36H2,1-8H3. The lowest BCUT2D eigenvalue weighted by Gasteiger charge is -2.36. The maximum atomic E-state index is 7.10. The summed E-state index contributed by atoms with van der Waals surface area (Å²) in [4.78, 5) is 0. The van der Waals surface area contributed by atoms with E-state index < -0.39 is 34.4 Å². The molecule has 8 bridgehead atoms. The highest BCUT2D eigenvalue weighted by Crippen LogP contribution is 2.63. The van der Waals surface area contributed by atoms with Crippen LogP contribution in [0.15, 0.2) is 48.5 Å². The minimum atomic E-state index is -1.93. The van der Waals surface area contributed by atoms with Crippen molar-refractivity contribution < 1.29 is 54.3 Å². The van der Waals surface area contributed by atoms with Gasteiger partial charge < -0.3 is 36.2 Å². The van der Waals surface area contributed by atoms with E-state index in [2.05, 4.69) is 76.2 Å². The van der Waals surface area contributed by atoms with E-state index in [9.17, 15) is 0 Å². The first-order valence-electron chi connectivity index (χ1n) is 31.2. The molecule has 5 aliphatic rings. The quantitative estimate of drug-likeness (QED) is 0.0343. The highest BCUT2D eigenvalue weighted by Gasteiger charge is 2.42. The van der Waals surface area contributed by atoms with Crippen LogP contribution in [0.25, 0.3) is 0 Å². The van der Waals surface area contributed by atoms with E-state index in [1.807, 2.05) is 27.7 Å². The van der Waals surface area contributed by atoms with Crippen LogP contribution in [0.2, 0.25) is 0 Å². The number of hydrogen-bond donors (Lipinski definition) is 0. The topological polar surface area (TPSA) is 111 Å². The Hall–Kier alpha value is -3.16. The molecule has 4 aromatic rings. The van der Waals surface area contributed by atoms with E-state index in [0.29, 0.717) is 72.4 Å². The van der Waals surface area contributed by atoms with Crippen LogP contribution in [-0.2, 0) is 18.1 Å². The molecule has 4 aliphatic heterocycles. The van der Waals surface area contributed by atoms with Gasteiger partial charge in [0.05, 0.1) is 26.4 Å². The maximum Gasteiger partial charge on any atom is 0.463 e. The lowest BCUT2D eigenvalue weighted by molar-refractivity contribution is 0.269. The molecule has 4 aromatic carbocycles. The molecule has 12 nitrogen and oxygen atoms in total. The first kappa shape index (κ1) is 61.4. The molecule has 16 heteroatoms. The van der Waals surface area contributed by atoms with E-state index in [1.54, 1.807) is 0 Å². The Bertz CT molecular complexity index is 2130. The van der Waals surface area contributed by atoms with Crippen molar-refractivity contribution in [3.8, 4) is 46.0 Å². The fraction of sp³-hybridized carbons (Fsp3) is 0.625. The molecule has 80 heavy (non-hydrogen) atoms. The van der Waals surface area contributed by atoms with Gasteiger partial charge in [-0.1, -0.05) is 156 Å². The third-order valence-electron chi connectivity index (χ3n) is 16.3. The fourth-order valence-corrected chi connectivity index (χ4v) is 16.2. The zero-order valence-corrected chi connectivity index (χ0v) is 53.0. The zero-order chi connectivity index (χ0) is 55.8. The largest absolute Gasteiger partial charge is 0.463 e. The van der Waals surface area contributed by atoms with Crippen LogP contribution in [0.1, 0.15) is 278 Å². The Morgan fingerprint density at radius 2 is 0.425 bits per heavy atom. The summed E-state index contributed by atoms with van der Waals surface area (Å²) in [7, 11) is -7.74. The average molecular weight is 1180 g/mol. The molecule has 440 valence electrons. The van der Waals surface area contributed by atoms with Gasteiger partial charge in [0.25, 0.3) is 0 Å². The Balaban J connectivity index is 1.40. The third-order valence-corrected chi connectivity index (χ3v) is 20.9. The number of hydrogen-bond acceptors (Lipinski definition) is 12. The van der Waals surface area contributed by atoms with Crippen LogP contribution in [0.3, 0.4) is 0 Å². The minimum absolute atomic E-state index is 0.110. The number of rotatable bonds is 32. The normalized spacial score (nSPS) is 21.9. The van der Waals surface area contributed by atoms with Gasteiger partial charge in [-0.2, -0.15) is 0 Å². The summed E-state index contributed by atoms with van der Waals surface area (Å²) in [6, 6.07) is 18.2. The Morgan fingerprint density at radius 3 is 0.588 bits per heavy atom. The van der Waals surface area contributed by atoms with E-state index in [-0.39, 0.29) is 23.7 Å². The summed E-state index contributed by atoms with van der Waals surface area (Å²) < 4.78 is 82.6. The average Bonchev–Trinajstić information content (AvgIpc) is 3.48. The lowest BCUT2D eigenvalue weighted by Crippen LogP contribution is -2.19. The van der Waals surface area contributed by atoms with Crippen molar-refractivity contribution in [3.05, 3.63) is 93.0 Å². The molecule has 0 N–H and O–H groups in total. The van der Waals surface area contributed by atoms with Gasteiger partial charge >= 0.3 is 34.4 Å². The Morgan fingerprint density at radius 1 is 0.250 bits per heavy atom. The van der Waals surface area contributed by atoms with Crippen molar-refractivity contribution in [2.45, 2.75) is 233 Å². The SMILES string of the molecule is CCCCCCCC1c2cc3c4cc2OP(OCC)Oc2cc5c(cc21)C(CCCCCCC)c1cc2c(cc1OP(OCC)O5)OP(OCC)Oc1cc(c(cc1C2CCCCCCC)C3CCCCCCC)OP(OCC)O4. The highest BCUT2D eigenvalue weighted by molar-refractivity contribution is 7.43. The Kier molecular flexibility index (Phi) is 23.9. The van der Waals surface area contributed by atoms with Gasteiger partial charge in [-0.15, -0.1) is 0 Å². The zero-order valence-electron chi connectivity index (χ0n) is 49.4. The second-order valence-corrected chi connectivity index (χ2v) is 26.3. The molecule has 0 fully saturated rings. The summed E-state index contributed by atoms with van der Waals surface area (Å²) in [5, 5.41) is 0. The summed E-state index contributed by atoms with van der Waals surface area (Å²) in [6.07, 6.45) is 26.5. The molecule has 0 saturated carbocycles. The predicted octanol–water partition coefficient (Wildman–Crippen LogP) is 22.1. The molecule has 0 radical (unpaired) electrons. The molecule has 4 heterocycles. The number of benzene rings is 4. The van der Waals surface area contributed by atoms with Gasteiger partial charge in [-0.3, -0.25) is 18.1 Å². The molecule has 9 rings (SSSR count). The monoisotopic (exact) mass is 1180 g/mol. The van der Waals surface area contributed by atoms with Gasteiger partial charge in [-0.25, -0.2) is 0 Å². The molecule has 0 saturated heterocycles. The molecule has 1 aliphatic carbocycles. The van der Waals surface area contributed by atoms with Gasteiger partial charge in [0.1, 0.15) is 46.0 Å². The first-order valence-corrected chi connectivity index (χ1v) is 35.6. The van der Waals surface area contributed by atoms with Crippen LogP contribution >= 0.6 is 34.4 Å². The first-order chi connectivity index (χ1) is 39.3. The van der Waals surface area contributed by atoms with Crippen LogP contribution in [0, 0.1) is 0 Å².